The van der Waals surface area contributed by atoms with Gasteiger partial charge >= 0.3 is 0 Å². The summed E-state index contributed by atoms with van der Waals surface area (Å²) in [5.41, 5.74) is 1.00. The third-order valence-corrected chi connectivity index (χ3v) is 1.59. The van der Waals surface area contributed by atoms with Crippen LogP contribution in [0.5, 0.6) is 0 Å². The average molecular weight is 175 g/mol. The molecule has 0 bridgehead atoms. The largest absolute Gasteiger partial charge is 0.377 e. The molecule has 0 atom stereocenters. The van der Waals surface area contributed by atoms with E-state index >= 15 is 0 Å². The highest BCUT2D eigenvalue weighted by molar-refractivity contribution is 5.97. The first-order valence-corrected chi connectivity index (χ1v) is 3.80. The SMILES string of the molecule is COCC(=O)c1cccc(C#N)c1. The number of benzene rings is 1. The minimum atomic E-state index is -0.111. The zero-order valence-corrected chi connectivity index (χ0v) is 7.28. The summed E-state index contributed by atoms with van der Waals surface area (Å²) in [4.78, 5) is 11.3. The van der Waals surface area contributed by atoms with Crippen molar-refractivity contribution in [2.45, 2.75) is 0 Å². The van der Waals surface area contributed by atoms with Crippen LogP contribution in [0.25, 0.3) is 0 Å². The minimum absolute atomic E-state index is 0.0505. The lowest BCUT2D eigenvalue weighted by atomic mass is 10.1. The first-order valence-electron chi connectivity index (χ1n) is 3.80. The van der Waals surface area contributed by atoms with Gasteiger partial charge in [-0.1, -0.05) is 12.1 Å². The number of methoxy groups -OCH3 is 1. The summed E-state index contributed by atoms with van der Waals surface area (Å²) in [6, 6.07) is 8.54. The van der Waals surface area contributed by atoms with Crippen LogP contribution in [0.4, 0.5) is 0 Å². The van der Waals surface area contributed by atoms with Gasteiger partial charge in [-0.05, 0) is 12.1 Å². The van der Waals surface area contributed by atoms with E-state index in [4.69, 9.17) is 10.00 Å². The van der Waals surface area contributed by atoms with Crippen molar-refractivity contribution >= 4 is 5.78 Å². The Hall–Kier alpha value is -1.66. The number of nitrogens with zero attached hydrogens (tertiary/aromatic N) is 1. The van der Waals surface area contributed by atoms with Crippen molar-refractivity contribution in [2.75, 3.05) is 13.7 Å². The maximum Gasteiger partial charge on any atom is 0.188 e. The van der Waals surface area contributed by atoms with Gasteiger partial charge in [0.1, 0.15) is 6.61 Å². The molecule has 13 heavy (non-hydrogen) atoms. The molecule has 0 amide bonds. The van der Waals surface area contributed by atoms with Crippen molar-refractivity contribution in [1.82, 2.24) is 0 Å². The number of rotatable bonds is 3. The molecule has 0 saturated heterocycles. The maximum atomic E-state index is 11.3. The van der Waals surface area contributed by atoms with Crippen LogP contribution in [0, 0.1) is 11.3 Å². The summed E-state index contributed by atoms with van der Waals surface area (Å²) in [5.74, 6) is -0.111. The molecule has 0 spiro atoms. The normalized spacial score (nSPS) is 9.23. The average Bonchev–Trinajstić information content (AvgIpc) is 2.18. The zero-order chi connectivity index (χ0) is 9.68. The lowest BCUT2D eigenvalue weighted by molar-refractivity contribution is 0.0848. The van der Waals surface area contributed by atoms with E-state index in [2.05, 4.69) is 0 Å². The van der Waals surface area contributed by atoms with E-state index in [0.29, 0.717) is 11.1 Å². The summed E-state index contributed by atoms with van der Waals surface area (Å²) in [6.45, 7) is 0.0505. The van der Waals surface area contributed by atoms with E-state index in [9.17, 15) is 4.79 Å². The fourth-order valence-electron chi connectivity index (χ4n) is 0.977. The summed E-state index contributed by atoms with van der Waals surface area (Å²) in [7, 11) is 1.46. The fraction of sp³-hybridized carbons (Fsp3) is 0.200. The third-order valence-electron chi connectivity index (χ3n) is 1.59. The van der Waals surface area contributed by atoms with Crippen LogP contribution < -0.4 is 0 Å². The molecule has 0 fully saturated rings. The summed E-state index contributed by atoms with van der Waals surface area (Å²) >= 11 is 0. The lowest BCUT2D eigenvalue weighted by Gasteiger charge is -1.98. The summed E-state index contributed by atoms with van der Waals surface area (Å²) in [6.07, 6.45) is 0. The van der Waals surface area contributed by atoms with Crippen LogP contribution in [0.15, 0.2) is 24.3 Å². The number of nitriles is 1. The molecule has 0 saturated carbocycles. The van der Waals surface area contributed by atoms with Gasteiger partial charge < -0.3 is 4.74 Å². The Balaban J connectivity index is 2.90. The quantitative estimate of drug-likeness (QED) is 0.652. The molecule has 1 aromatic rings. The third kappa shape index (κ3) is 2.39. The minimum Gasteiger partial charge on any atom is -0.377 e. The molecule has 3 nitrogen and oxygen atoms in total. The molecule has 0 aromatic heterocycles. The molecular weight excluding hydrogens is 166 g/mol. The van der Waals surface area contributed by atoms with Crippen molar-refractivity contribution in [3.8, 4) is 6.07 Å². The highest BCUT2D eigenvalue weighted by Crippen LogP contribution is 2.04. The first kappa shape index (κ1) is 9.43. The molecule has 1 aromatic carbocycles. The molecule has 0 radical (unpaired) electrons. The number of hydrogen-bond donors (Lipinski definition) is 0. The molecule has 0 aliphatic carbocycles. The second kappa shape index (κ2) is 4.39. The highest BCUT2D eigenvalue weighted by Gasteiger charge is 2.04. The molecule has 0 aliphatic heterocycles. The van der Waals surface area contributed by atoms with Crippen LogP contribution in [0.3, 0.4) is 0 Å². The van der Waals surface area contributed by atoms with E-state index in [0.717, 1.165) is 0 Å². The smallest absolute Gasteiger partial charge is 0.188 e. The fourth-order valence-corrected chi connectivity index (χ4v) is 0.977. The Morgan fingerprint density at radius 1 is 1.62 bits per heavy atom. The van der Waals surface area contributed by atoms with Gasteiger partial charge in [-0.25, -0.2) is 0 Å². The van der Waals surface area contributed by atoms with Gasteiger partial charge in [-0.2, -0.15) is 5.26 Å². The van der Waals surface area contributed by atoms with Crippen molar-refractivity contribution in [3.05, 3.63) is 35.4 Å². The standard InChI is InChI=1S/C10H9NO2/c1-13-7-10(12)9-4-2-3-8(5-9)6-11/h2-5H,7H2,1H3. The molecule has 0 N–H and O–H groups in total. The number of hydrogen-bond acceptors (Lipinski definition) is 3. The summed E-state index contributed by atoms with van der Waals surface area (Å²) in [5, 5.41) is 8.58. The number of ketones is 1. The first-order chi connectivity index (χ1) is 6.27. The Morgan fingerprint density at radius 2 is 2.38 bits per heavy atom. The Bertz CT molecular complexity index is 352. The molecular formula is C10H9NO2. The lowest BCUT2D eigenvalue weighted by Crippen LogP contribution is -2.06. The number of ether oxygens (including phenoxy) is 1. The van der Waals surface area contributed by atoms with Gasteiger partial charge in [0.05, 0.1) is 11.6 Å². The second-order valence-electron chi connectivity index (χ2n) is 2.55. The van der Waals surface area contributed by atoms with Crippen LogP contribution in [-0.4, -0.2) is 19.5 Å². The van der Waals surface area contributed by atoms with E-state index in [1.165, 1.54) is 7.11 Å². The predicted octanol–water partition coefficient (Wildman–Crippen LogP) is 1.39. The van der Waals surface area contributed by atoms with Gasteiger partial charge in [0, 0.05) is 12.7 Å². The van der Waals surface area contributed by atoms with Crippen LogP contribution in [0.1, 0.15) is 15.9 Å². The van der Waals surface area contributed by atoms with Gasteiger partial charge in [-0.15, -0.1) is 0 Å². The molecule has 0 unspecified atom stereocenters. The Morgan fingerprint density at radius 3 is 3.00 bits per heavy atom. The zero-order valence-electron chi connectivity index (χ0n) is 7.28. The van der Waals surface area contributed by atoms with Gasteiger partial charge in [0.25, 0.3) is 0 Å². The van der Waals surface area contributed by atoms with E-state index in [1.54, 1.807) is 24.3 Å². The van der Waals surface area contributed by atoms with E-state index in [-0.39, 0.29) is 12.4 Å². The van der Waals surface area contributed by atoms with Crippen LogP contribution in [0.2, 0.25) is 0 Å². The summed E-state index contributed by atoms with van der Waals surface area (Å²) < 4.78 is 4.70. The number of carbonyl (C=O) groups is 1. The Labute approximate surface area is 76.6 Å². The van der Waals surface area contributed by atoms with Crippen molar-refractivity contribution in [3.63, 3.8) is 0 Å². The second-order valence-corrected chi connectivity index (χ2v) is 2.55. The predicted molar refractivity (Wildman–Crippen MR) is 47.4 cm³/mol. The molecule has 0 heterocycles. The molecule has 66 valence electrons. The van der Waals surface area contributed by atoms with Crippen LogP contribution >= 0.6 is 0 Å². The Kier molecular flexibility index (Phi) is 3.18. The van der Waals surface area contributed by atoms with Crippen molar-refractivity contribution in [1.29, 1.82) is 5.26 Å². The van der Waals surface area contributed by atoms with Crippen LogP contribution in [-0.2, 0) is 4.74 Å². The monoisotopic (exact) mass is 175 g/mol. The maximum absolute atomic E-state index is 11.3. The van der Waals surface area contributed by atoms with Crippen molar-refractivity contribution in [2.24, 2.45) is 0 Å². The van der Waals surface area contributed by atoms with E-state index in [1.807, 2.05) is 6.07 Å². The molecule has 0 aliphatic rings. The highest BCUT2D eigenvalue weighted by atomic mass is 16.5. The number of Topliss-reactive ketones (excluding diaryl/α,β-unsaturated/α-hetero) is 1. The molecule has 1 rings (SSSR count). The van der Waals surface area contributed by atoms with Gasteiger partial charge in [0.2, 0.25) is 0 Å². The van der Waals surface area contributed by atoms with Crippen molar-refractivity contribution < 1.29 is 9.53 Å². The van der Waals surface area contributed by atoms with E-state index < -0.39 is 0 Å². The number of carbonyl (C=O) groups excluding carboxylic acids is 1. The molecule has 3 heteroatoms. The van der Waals surface area contributed by atoms with Gasteiger partial charge in [-0.3, -0.25) is 4.79 Å². The van der Waals surface area contributed by atoms with Gasteiger partial charge in [0.15, 0.2) is 5.78 Å². The topological polar surface area (TPSA) is 50.1 Å².